The van der Waals surface area contributed by atoms with Gasteiger partial charge in [-0.25, -0.2) is 15.0 Å². The number of nitrogens with zero attached hydrogens (tertiary/aromatic N) is 4. The molecule has 13 aromatic rings. The molecule has 0 atom stereocenters. The summed E-state index contributed by atoms with van der Waals surface area (Å²) in [5.74, 6) is 1.90. The Balaban J connectivity index is 0.953. The largest absolute Gasteiger partial charge is 0.456 e. The van der Waals surface area contributed by atoms with Crippen LogP contribution in [0.3, 0.4) is 0 Å². The molecule has 9 aromatic carbocycles. The predicted octanol–water partition coefficient (Wildman–Crippen LogP) is 15.6. The normalized spacial score (nSPS) is 13.2. The van der Waals surface area contributed by atoms with Crippen LogP contribution in [0.1, 0.15) is 25.0 Å². The molecule has 0 spiro atoms. The van der Waals surface area contributed by atoms with E-state index in [2.05, 4.69) is 206 Å². The fourth-order valence-electron chi connectivity index (χ4n) is 10.9. The van der Waals surface area contributed by atoms with Crippen LogP contribution >= 0.6 is 0 Å². The van der Waals surface area contributed by atoms with Gasteiger partial charge in [0.25, 0.3) is 0 Å². The predicted molar refractivity (Wildman–Crippen MR) is 267 cm³/mol. The highest BCUT2D eigenvalue weighted by atomic mass is 16.3. The Kier molecular flexibility index (Phi) is 7.39. The van der Waals surface area contributed by atoms with Crippen LogP contribution in [0.25, 0.3) is 128 Å². The minimum Gasteiger partial charge on any atom is -0.456 e. The molecule has 5 heteroatoms. The lowest BCUT2D eigenvalue weighted by Gasteiger charge is -2.21. The summed E-state index contributed by atoms with van der Waals surface area (Å²) >= 11 is 0. The summed E-state index contributed by atoms with van der Waals surface area (Å²) in [6.45, 7) is 4.62. The smallest absolute Gasteiger partial charge is 0.164 e. The van der Waals surface area contributed by atoms with Crippen molar-refractivity contribution in [3.8, 4) is 67.5 Å². The van der Waals surface area contributed by atoms with Crippen LogP contribution in [-0.2, 0) is 5.41 Å². The van der Waals surface area contributed by atoms with Gasteiger partial charge in [0.2, 0.25) is 0 Å². The topological polar surface area (TPSA) is 56.2 Å². The monoisotopic (exact) mass is 830 g/mol. The summed E-state index contributed by atoms with van der Waals surface area (Å²) in [7, 11) is 0. The van der Waals surface area contributed by atoms with E-state index in [-0.39, 0.29) is 5.41 Å². The van der Waals surface area contributed by atoms with E-state index in [1.807, 2.05) is 6.07 Å². The number of fused-ring (bicyclic) bond motifs is 9. The van der Waals surface area contributed by atoms with Crippen molar-refractivity contribution in [3.63, 3.8) is 0 Å². The van der Waals surface area contributed by atoms with Gasteiger partial charge >= 0.3 is 0 Å². The second-order valence-corrected chi connectivity index (χ2v) is 17.9. The quantitative estimate of drug-likeness (QED) is 0.173. The van der Waals surface area contributed by atoms with Crippen molar-refractivity contribution in [1.29, 1.82) is 0 Å². The minimum atomic E-state index is -0.0965. The zero-order chi connectivity index (χ0) is 43.0. The van der Waals surface area contributed by atoms with E-state index < -0.39 is 0 Å². The number of hydrogen-bond acceptors (Lipinski definition) is 4. The molecule has 0 bridgehead atoms. The highest BCUT2D eigenvalue weighted by Crippen LogP contribution is 2.50. The van der Waals surface area contributed by atoms with Gasteiger partial charge in [0.05, 0.1) is 21.9 Å². The van der Waals surface area contributed by atoms with Gasteiger partial charge < -0.3 is 8.82 Å². The summed E-state index contributed by atoms with van der Waals surface area (Å²) in [6.07, 6.45) is 0. The van der Waals surface area contributed by atoms with Crippen LogP contribution in [0.15, 0.2) is 199 Å². The van der Waals surface area contributed by atoms with Crippen LogP contribution in [0.2, 0.25) is 0 Å². The molecule has 0 fully saturated rings. The average Bonchev–Trinajstić information content (AvgIpc) is 3.96. The van der Waals surface area contributed by atoms with E-state index in [1.54, 1.807) is 0 Å². The Bertz CT molecular complexity index is 4080. The number of rotatable bonds is 5. The number of furan rings is 1. The number of benzene rings is 9. The van der Waals surface area contributed by atoms with Gasteiger partial charge in [-0.2, -0.15) is 0 Å². The standard InChI is InChI=1S/C60H38N4O/c1-60(2)48-22-8-6-17-42(48)47-34-40(29-31-49(47)60)59-62-57(61-58(63-59)39-16-10-15-38(33-39)35-13-4-3-5-14-35)37-27-25-36(26-28-37)41-19-11-21-45-46-30-32-52-54-53-44(20-12-24-51(53)65-52)43-18-7-9-23-50(43)64(55(41)45)56(46)54/h3-34H,1-2H3. The van der Waals surface area contributed by atoms with Crippen molar-refractivity contribution in [2.24, 2.45) is 0 Å². The van der Waals surface area contributed by atoms with E-state index >= 15 is 0 Å². The van der Waals surface area contributed by atoms with Crippen LogP contribution < -0.4 is 0 Å². The summed E-state index contributed by atoms with van der Waals surface area (Å²) in [5, 5.41) is 7.13. The third-order valence-electron chi connectivity index (χ3n) is 14.0. The Morgan fingerprint density at radius 1 is 0.369 bits per heavy atom. The first-order valence-electron chi connectivity index (χ1n) is 22.3. The van der Waals surface area contributed by atoms with Crippen LogP contribution in [0, 0.1) is 0 Å². The molecule has 4 heterocycles. The van der Waals surface area contributed by atoms with Crippen molar-refractivity contribution in [2.45, 2.75) is 19.3 Å². The first-order valence-corrected chi connectivity index (χ1v) is 22.3. The third-order valence-corrected chi connectivity index (χ3v) is 14.0. The Morgan fingerprint density at radius 2 is 0.954 bits per heavy atom. The molecule has 1 aliphatic carbocycles. The van der Waals surface area contributed by atoms with Crippen molar-refractivity contribution < 1.29 is 4.42 Å². The Morgan fingerprint density at radius 3 is 1.82 bits per heavy atom. The molecule has 4 aromatic heterocycles. The molecule has 14 rings (SSSR count). The SMILES string of the molecule is CC1(C)c2ccccc2-c2cc(-c3nc(-c4ccc(-c5cccc6c7ccc8oc9cccc%10c%11ccccc%11n(c56)c7c8c9%10)cc4)nc(-c4cccc(-c5ccccc5)c4)n3)ccc21. The number of hydrogen-bond donors (Lipinski definition) is 0. The lowest BCUT2D eigenvalue weighted by molar-refractivity contribution is 0.660. The average molecular weight is 831 g/mol. The van der Waals surface area contributed by atoms with Gasteiger partial charge in [-0.15, -0.1) is 0 Å². The summed E-state index contributed by atoms with van der Waals surface area (Å²) in [4.78, 5) is 15.7. The van der Waals surface area contributed by atoms with Crippen molar-refractivity contribution >= 4 is 60.0 Å². The first kappa shape index (κ1) is 36.1. The molecule has 0 saturated heterocycles. The number of aromatic nitrogens is 4. The molecule has 5 nitrogen and oxygen atoms in total. The molecule has 0 aliphatic heterocycles. The Labute approximate surface area is 374 Å². The Hall–Kier alpha value is -8.41. The zero-order valence-electron chi connectivity index (χ0n) is 35.7. The molecule has 0 radical (unpaired) electrons. The van der Waals surface area contributed by atoms with Crippen LogP contribution in [0.4, 0.5) is 0 Å². The van der Waals surface area contributed by atoms with Gasteiger partial charge in [-0.3, -0.25) is 0 Å². The van der Waals surface area contributed by atoms with Crippen molar-refractivity contribution in [3.05, 3.63) is 205 Å². The molecule has 0 amide bonds. The molecule has 0 unspecified atom stereocenters. The molecular weight excluding hydrogens is 793 g/mol. The minimum absolute atomic E-state index is 0.0965. The van der Waals surface area contributed by atoms with Gasteiger partial charge in [0, 0.05) is 49.2 Å². The van der Waals surface area contributed by atoms with Crippen LogP contribution in [0.5, 0.6) is 0 Å². The zero-order valence-corrected chi connectivity index (χ0v) is 35.7. The lowest BCUT2D eigenvalue weighted by Crippen LogP contribution is -2.14. The van der Waals surface area contributed by atoms with Crippen molar-refractivity contribution in [2.75, 3.05) is 0 Å². The molecule has 1 aliphatic rings. The van der Waals surface area contributed by atoms with Gasteiger partial charge in [0.1, 0.15) is 11.2 Å². The van der Waals surface area contributed by atoms with E-state index in [0.717, 1.165) is 61.0 Å². The van der Waals surface area contributed by atoms with Crippen LogP contribution in [-0.4, -0.2) is 19.4 Å². The second kappa shape index (κ2) is 13.3. The van der Waals surface area contributed by atoms with Gasteiger partial charge in [-0.1, -0.05) is 172 Å². The van der Waals surface area contributed by atoms with Gasteiger partial charge in [-0.05, 0) is 80.7 Å². The molecule has 0 N–H and O–H groups in total. The lowest BCUT2D eigenvalue weighted by atomic mass is 9.82. The maximum Gasteiger partial charge on any atom is 0.164 e. The summed E-state index contributed by atoms with van der Waals surface area (Å²) in [5.41, 5.74) is 17.7. The fraction of sp³-hybridized carbons (Fsp3) is 0.0500. The van der Waals surface area contributed by atoms with E-state index in [0.29, 0.717) is 17.5 Å². The van der Waals surface area contributed by atoms with Crippen molar-refractivity contribution in [1.82, 2.24) is 19.4 Å². The third kappa shape index (κ3) is 5.18. The second-order valence-electron chi connectivity index (χ2n) is 17.9. The molecule has 0 saturated carbocycles. The summed E-state index contributed by atoms with van der Waals surface area (Å²) in [6, 6.07) is 69.4. The van der Waals surface area contributed by atoms with E-state index in [9.17, 15) is 0 Å². The van der Waals surface area contributed by atoms with E-state index in [1.165, 1.54) is 60.2 Å². The fourth-order valence-corrected chi connectivity index (χ4v) is 10.9. The molecule has 304 valence electrons. The maximum absolute atomic E-state index is 6.52. The number of para-hydroxylation sites is 2. The first-order chi connectivity index (χ1) is 32.0. The highest BCUT2D eigenvalue weighted by molar-refractivity contribution is 6.32. The summed E-state index contributed by atoms with van der Waals surface area (Å²) < 4.78 is 9.00. The molecule has 65 heavy (non-hydrogen) atoms. The molecular formula is C60H38N4O. The highest BCUT2D eigenvalue weighted by Gasteiger charge is 2.35. The van der Waals surface area contributed by atoms with E-state index in [4.69, 9.17) is 19.4 Å². The maximum atomic E-state index is 6.52. The van der Waals surface area contributed by atoms with Gasteiger partial charge in [0.15, 0.2) is 17.5 Å².